The lowest BCUT2D eigenvalue weighted by atomic mass is 10.1. The summed E-state index contributed by atoms with van der Waals surface area (Å²) in [5.74, 6) is -0.526. The molecule has 0 unspecified atom stereocenters. The van der Waals surface area contributed by atoms with Crippen LogP contribution in [-0.2, 0) is 9.59 Å². The number of halogens is 1. The van der Waals surface area contributed by atoms with Crippen molar-refractivity contribution in [2.24, 2.45) is 5.10 Å². The molecule has 2 aromatic carbocycles. The van der Waals surface area contributed by atoms with Gasteiger partial charge in [0.05, 0.1) is 5.71 Å². The van der Waals surface area contributed by atoms with E-state index in [0.717, 1.165) is 36.1 Å². The highest BCUT2D eigenvalue weighted by Gasteiger charge is 2.10. The van der Waals surface area contributed by atoms with Crippen molar-refractivity contribution < 1.29 is 9.59 Å². The molecule has 0 bridgehead atoms. The van der Waals surface area contributed by atoms with Gasteiger partial charge in [0.15, 0.2) is 0 Å². The Morgan fingerprint density at radius 1 is 0.964 bits per heavy atom. The van der Waals surface area contributed by atoms with Gasteiger partial charge in [0.1, 0.15) is 0 Å². The monoisotopic (exact) mass is 399 g/mol. The van der Waals surface area contributed by atoms with E-state index in [1.807, 2.05) is 37.3 Å². The van der Waals surface area contributed by atoms with Crippen LogP contribution in [0.25, 0.3) is 0 Å². The minimum absolute atomic E-state index is 0.0603. The summed E-state index contributed by atoms with van der Waals surface area (Å²) < 4.78 is 0. The molecule has 0 fully saturated rings. The van der Waals surface area contributed by atoms with Gasteiger partial charge < -0.3 is 5.32 Å². The Morgan fingerprint density at radius 2 is 1.68 bits per heavy atom. The summed E-state index contributed by atoms with van der Waals surface area (Å²) in [4.78, 5) is 24.2. The van der Waals surface area contributed by atoms with E-state index in [2.05, 4.69) is 22.8 Å². The Bertz CT molecular complexity index is 835. The number of nitrogens with one attached hydrogen (secondary N) is 2. The fourth-order valence-electron chi connectivity index (χ4n) is 2.61. The fraction of sp³-hybridized carbons (Fsp3) is 0.318. The largest absolute Gasteiger partial charge is 0.326 e. The van der Waals surface area contributed by atoms with Gasteiger partial charge in [-0.2, -0.15) is 5.10 Å². The van der Waals surface area contributed by atoms with E-state index in [1.54, 1.807) is 18.2 Å². The summed E-state index contributed by atoms with van der Waals surface area (Å²) in [7, 11) is 0. The smallest absolute Gasteiger partial charge is 0.240 e. The molecule has 0 saturated carbocycles. The topological polar surface area (TPSA) is 70.6 Å². The number of unbranched alkanes of at least 4 members (excludes halogenated alkanes) is 1. The molecule has 0 radical (unpaired) electrons. The first-order chi connectivity index (χ1) is 13.5. The van der Waals surface area contributed by atoms with Gasteiger partial charge in [-0.1, -0.05) is 61.3 Å². The van der Waals surface area contributed by atoms with Crippen molar-refractivity contribution in [3.63, 3.8) is 0 Å². The zero-order valence-electron chi connectivity index (χ0n) is 16.3. The van der Waals surface area contributed by atoms with E-state index in [9.17, 15) is 9.59 Å². The lowest BCUT2D eigenvalue weighted by molar-refractivity contribution is -0.124. The maximum Gasteiger partial charge on any atom is 0.240 e. The second-order valence-electron chi connectivity index (χ2n) is 6.52. The number of benzene rings is 2. The quantitative estimate of drug-likeness (QED) is 0.456. The molecule has 2 amide bonds. The molecule has 0 aromatic heterocycles. The van der Waals surface area contributed by atoms with Crippen LogP contribution in [0, 0.1) is 6.92 Å². The van der Waals surface area contributed by atoms with E-state index in [1.165, 1.54) is 0 Å². The maximum atomic E-state index is 12.1. The van der Waals surface area contributed by atoms with Crippen LogP contribution in [-0.4, -0.2) is 17.5 Å². The molecule has 0 heterocycles. The lowest BCUT2D eigenvalue weighted by Crippen LogP contribution is -2.22. The van der Waals surface area contributed by atoms with Crippen LogP contribution in [0.3, 0.4) is 0 Å². The van der Waals surface area contributed by atoms with Gasteiger partial charge >= 0.3 is 0 Å². The van der Waals surface area contributed by atoms with E-state index < -0.39 is 0 Å². The van der Waals surface area contributed by atoms with Gasteiger partial charge in [0.2, 0.25) is 11.8 Å². The Morgan fingerprint density at radius 3 is 2.39 bits per heavy atom. The standard InChI is InChI=1S/C22H26ClN3O2/c1-3-4-12-20(17-9-6-5-7-10-17)25-26-22(28)15-14-21(27)24-19-13-8-11-18(23)16(19)2/h5-11,13H,3-4,12,14-15H2,1-2H3,(H,24,27)(H,26,28)/b25-20-. The van der Waals surface area contributed by atoms with Crippen LogP contribution < -0.4 is 10.7 Å². The number of rotatable bonds is 9. The molecule has 2 rings (SSSR count). The van der Waals surface area contributed by atoms with E-state index in [-0.39, 0.29) is 24.7 Å². The zero-order valence-corrected chi connectivity index (χ0v) is 17.1. The average molecular weight is 400 g/mol. The first kappa shape index (κ1) is 21.6. The molecule has 0 spiro atoms. The molecule has 6 heteroatoms. The third kappa shape index (κ3) is 6.82. The summed E-state index contributed by atoms with van der Waals surface area (Å²) in [6.45, 7) is 3.95. The normalized spacial score (nSPS) is 11.2. The van der Waals surface area contributed by atoms with Crippen molar-refractivity contribution >= 4 is 34.8 Å². The first-order valence-corrected chi connectivity index (χ1v) is 9.84. The number of hydrogen-bond acceptors (Lipinski definition) is 3. The molecule has 0 saturated heterocycles. The van der Waals surface area contributed by atoms with Crippen molar-refractivity contribution in [3.8, 4) is 0 Å². The van der Waals surface area contributed by atoms with Gasteiger partial charge in [0, 0.05) is 23.6 Å². The number of carbonyl (C=O) groups excluding carboxylic acids is 2. The van der Waals surface area contributed by atoms with Crippen LogP contribution >= 0.6 is 11.6 Å². The Hall–Kier alpha value is -2.66. The van der Waals surface area contributed by atoms with Crippen molar-refractivity contribution in [1.29, 1.82) is 0 Å². The number of nitrogens with zero attached hydrogens (tertiary/aromatic N) is 1. The minimum Gasteiger partial charge on any atom is -0.326 e. The van der Waals surface area contributed by atoms with E-state index in [4.69, 9.17) is 11.6 Å². The predicted molar refractivity (Wildman–Crippen MR) is 115 cm³/mol. The van der Waals surface area contributed by atoms with Crippen molar-refractivity contribution in [2.75, 3.05) is 5.32 Å². The van der Waals surface area contributed by atoms with Gasteiger partial charge in [-0.25, -0.2) is 5.43 Å². The van der Waals surface area contributed by atoms with Gasteiger partial charge in [-0.15, -0.1) is 0 Å². The number of hydrogen-bond donors (Lipinski definition) is 2. The highest BCUT2D eigenvalue weighted by Crippen LogP contribution is 2.23. The predicted octanol–water partition coefficient (Wildman–Crippen LogP) is 5.08. The van der Waals surface area contributed by atoms with Gasteiger partial charge in [-0.3, -0.25) is 9.59 Å². The highest BCUT2D eigenvalue weighted by molar-refractivity contribution is 6.31. The Labute approximate surface area is 171 Å². The third-order valence-electron chi connectivity index (χ3n) is 4.31. The first-order valence-electron chi connectivity index (χ1n) is 9.47. The van der Waals surface area contributed by atoms with Gasteiger partial charge in [0.25, 0.3) is 0 Å². The number of carbonyl (C=O) groups is 2. The third-order valence-corrected chi connectivity index (χ3v) is 4.72. The van der Waals surface area contributed by atoms with Gasteiger partial charge in [-0.05, 0) is 43.0 Å². The SMILES string of the molecule is CCCC/C(=N/NC(=O)CCC(=O)Nc1cccc(Cl)c1C)c1ccccc1. The molecule has 0 aliphatic rings. The maximum absolute atomic E-state index is 12.1. The summed E-state index contributed by atoms with van der Waals surface area (Å²) in [6, 6.07) is 15.1. The molecule has 28 heavy (non-hydrogen) atoms. The molecule has 0 aliphatic carbocycles. The minimum atomic E-state index is -0.289. The summed E-state index contributed by atoms with van der Waals surface area (Å²) in [5.41, 5.74) is 5.87. The van der Waals surface area contributed by atoms with Crippen molar-refractivity contribution in [3.05, 3.63) is 64.7 Å². The molecule has 2 aromatic rings. The summed E-state index contributed by atoms with van der Waals surface area (Å²) >= 11 is 6.05. The molecule has 148 valence electrons. The van der Waals surface area contributed by atoms with Crippen LogP contribution in [0.1, 0.15) is 50.2 Å². The summed E-state index contributed by atoms with van der Waals surface area (Å²) in [5, 5.41) is 7.66. The van der Waals surface area contributed by atoms with Crippen molar-refractivity contribution in [1.82, 2.24) is 5.43 Å². The molecule has 5 nitrogen and oxygen atoms in total. The number of anilines is 1. The zero-order chi connectivity index (χ0) is 20.4. The second-order valence-corrected chi connectivity index (χ2v) is 6.93. The fourth-order valence-corrected chi connectivity index (χ4v) is 2.78. The Kier molecular flexibility index (Phi) is 8.69. The molecule has 0 atom stereocenters. The van der Waals surface area contributed by atoms with Crippen LogP contribution in [0.4, 0.5) is 5.69 Å². The van der Waals surface area contributed by atoms with E-state index in [0.29, 0.717) is 10.7 Å². The van der Waals surface area contributed by atoms with Crippen LogP contribution in [0.5, 0.6) is 0 Å². The molecule has 0 aliphatic heterocycles. The second kappa shape index (κ2) is 11.2. The Balaban J connectivity index is 1.88. The molecule has 2 N–H and O–H groups in total. The number of amides is 2. The highest BCUT2D eigenvalue weighted by atomic mass is 35.5. The molecular formula is C22H26ClN3O2. The number of hydrazone groups is 1. The molecular weight excluding hydrogens is 374 g/mol. The van der Waals surface area contributed by atoms with Crippen molar-refractivity contribution in [2.45, 2.75) is 46.0 Å². The average Bonchev–Trinajstić information content (AvgIpc) is 2.70. The van der Waals surface area contributed by atoms with Crippen LogP contribution in [0.15, 0.2) is 53.6 Å². The lowest BCUT2D eigenvalue weighted by Gasteiger charge is -2.09. The van der Waals surface area contributed by atoms with Crippen LogP contribution in [0.2, 0.25) is 5.02 Å². The van der Waals surface area contributed by atoms with E-state index >= 15 is 0 Å². The summed E-state index contributed by atoms with van der Waals surface area (Å²) in [6.07, 6.45) is 2.96.